The Labute approximate surface area is 117 Å². The molecule has 0 saturated carbocycles. The average Bonchev–Trinajstić information content (AvgIpc) is 2.99. The Morgan fingerprint density at radius 3 is 2.95 bits per heavy atom. The van der Waals surface area contributed by atoms with E-state index < -0.39 is 5.79 Å². The summed E-state index contributed by atoms with van der Waals surface area (Å²) in [5.74, 6) is -0.582. The number of H-pyrrole nitrogens is 1. The topological polar surface area (TPSA) is 57.7 Å². The van der Waals surface area contributed by atoms with Crippen molar-refractivity contribution in [2.24, 2.45) is 0 Å². The lowest BCUT2D eigenvalue weighted by atomic mass is 10.0. The van der Waals surface area contributed by atoms with Gasteiger partial charge in [0, 0.05) is 17.1 Å². The van der Waals surface area contributed by atoms with Crippen LogP contribution in [-0.4, -0.2) is 39.8 Å². The summed E-state index contributed by atoms with van der Waals surface area (Å²) < 4.78 is 11.8. The molecule has 0 aliphatic carbocycles. The lowest BCUT2D eigenvalue weighted by Gasteiger charge is -2.25. The number of nitrogens with one attached hydrogen (secondary N) is 1. The molecular weight excluding hydrogens is 256 g/mol. The maximum Gasteiger partial charge on any atom is 0.163 e. The van der Waals surface area contributed by atoms with Crippen molar-refractivity contribution in [2.45, 2.75) is 37.9 Å². The van der Waals surface area contributed by atoms with E-state index in [0.717, 1.165) is 16.5 Å². The van der Waals surface area contributed by atoms with Crippen molar-refractivity contribution in [1.82, 2.24) is 10.0 Å². The monoisotopic (exact) mass is 274 g/mol. The number of hydroxylamine groups is 2. The van der Waals surface area contributed by atoms with Gasteiger partial charge in [-0.15, -0.1) is 0 Å². The molecule has 2 aromatic rings. The van der Waals surface area contributed by atoms with Gasteiger partial charge in [-0.2, -0.15) is 5.06 Å². The number of benzene rings is 1. The second kappa shape index (κ2) is 4.05. The number of hydrogen-bond donors (Lipinski definition) is 2. The number of hydrogen-bond acceptors (Lipinski definition) is 4. The van der Waals surface area contributed by atoms with E-state index in [1.807, 2.05) is 38.2 Å². The van der Waals surface area contributed by atoms with Crippen molar-refractivity contribution in [2.75, 3.05) is 6.54 Å². The van der Waals surface area contributed by atoms with Gasteiger partial charge in [0.15, 0.2) is 5.79 Å². The maximum atomic E-state index is 10.3. The van der Waals surface area contributed by atoms with Gasteiger partial charge in [-0.05, 0) is 25.5 Å². The number of aromatic amines is 1. The Balaban J connectivity index is 1.77. The second-order valence-electron chi connectivity index (χ2n) is 6.00. The Kier molecular flexibility index (Phi) is 2.50. The molecule has 0 spiro atoms. The standard InChI is InChI=1S/C15H18N2O3/c1-15(2)19-12-8-17(18)13(14(12)20-15)10-7-16-11-6-4-3-5-9(10)11/h3-7,12-14,16,18H,8H2,1-2H3/t12-,13-,14-/m1/s1. The minimum Gasteiger partial charge on any atom is -0.361 e. The van der Waals surface area contributed by atoms with Gasteiger partial charge in [0.2, 0.25) is 0 Å². The van der Waals surface area contributed by atoms with Crippen molar-refractivity contribution in [1.29, 1.82) is 0 Å². The minimum atomic E-state index is -0.582. The van der Waals surface area contributed by atoms with Gasteiger partial charge in [-0.3, -0.25) is 0 Å². The number of nitrogens with zero attached hydrogens (tertiary/aromatic N) is 1. The van der Waals surface area contributed by atoms with E-state index in [-0.39, 0.29) is 18.2 Å². The molecule has 3 atom stereocenters. The zero-order valence-electron chi connectivity index (χ0n) is 11.5. The molecule has 5 nitrogen and oxygen atoms in total. The van der Waals surface area contributed by atoms with Crippen LogP contribution < -0.4 is 0 Å². The molecule has 1 aromatic heterocycles. The lowest BCUT2D eigenvalue weighted by Crippen LogP contribution is -2.30. The predicted molar refractivity (Wildman–Crippen MR) is 73.4 cm³/mol. The molecule has 20 heavy (non-hydrogen) atoms. The molecule has 0 amide bonds. The van der Waals surface area contributed by atoms with Gasteiger partial charge in [0.1, 0.15) is 12.2 Å². The van der Waals surface area contributed by atoms with Gasteiger partial charge in [0.25, 0.3) is 0 Å². The molecule has 106 valence electrons. The molecule has 5 heteroatoms. The number of ether oxygens (including phenoxy) is 2. The molecule has 0 unspecified atom stereocenters. The molecule has 4 rings (SSSR count). The van der Waals surface area contributed by atoms with Gasteiger partial charge < -0.3 is 19.7 Å². The summed E-state index contributed by atoms with van der Waals surface area (Å²) in [6, 6.07) is 7.89. The molecule has 2 N–H and O–H groups in total. The Bertz CT molecular complexity index is 651. The highest BCUT2D eigenvalue weighted by atomic mass is 16.8. The molecule has 0 bridgehead atoms. The van der Waals surface area contributed by atoms with E-state index in [0.29, 0.717) is 6.54 Å². The van der Waals surface area contributed by atoms with E-state index in [1.54, 1.807) is 0 Å². The zero-order valence-corrected chi connectivity index (χ0v) is 11.5. The van der Waals surface area contributed by atoms with Crippen molar-refractivity contribution in [3.05, 3.63) is 36.0 Å². The van der Waals surface area contributed by atoms with Crippen LogP contribution in [0.3, 0.4) is 0 Å². The van der Waals surface area contributed by atoms with Crippen LogP contribution in [0.25, 0.3) is 10.9 Å². The molecule has 2 aliphatic rings. The van der Waals surface area contributed by atoms with Crippen LogP contribution in [0.15, 0.2) is 30.5 Å². The van der Waals surface area contributed by atoms with Crippen molar-refractivity contribution in [3.8, 4) is 0 Å². The molecular formula is C15H18N2O3. The predicted octanol–water partition coefficient (Wildman–Crippen LogP) is 2.43. The summed E-state index contributed by atoms with van der Waals surface area (Å²) in [4.78, 5) is 3.25. The zero-order chi connectivity index (χ0) is 13.9. The SMILES string of the molecule is CC1(C)O[C@H]2[C@@H](c3c[nH]c4ccccc34)N(O)C[C@H]2O1. The summed E-state index contributed by atoms with van der Waals surface area (Å²) >= 11 is 0. The van der Waals surface area contributed by atoms with E-state index >= 15 is 0 Å². The van der Waals surface area contributed by atoms with Crippen LogP contribution in [0.1, 0.15) is 25.5 Å². The van der Waals surface area contributed by atoms with Gasteiger partial charge >= 0.3 is 0 Å². The minimum absolute atomic E-state index is 0.0892. The van der Waals surface area contributed by atoms with Gasteiger partial charge in [-0.1, -0.05) is 18.2 Å². The summed E-state index contributed by atoms with van der Waals surface area (Å²) in [5, 5.41) is 12.7. The average molecular weight is 274 g/mol. The van der Waals surface area contributed by atoms with Crippen LogP contribution in [0.5, 0.6) is 0 Å². The molecule has 2 saturated heterocycles. The van der Waals surface area contributed by atoms with E-state index in [9.17, 15) is 5.21 Å². The summed E-state index contributed by atoms with van der Waals surface area (Å²) in [5.41, 5.74) is 2.12. The largest absolute Gasteiger partial charge is 0.361 e. The highest BCUT2D eigenvalue weighted by molar-refractivity contribution is 5.83. The number of fused-ring (bicyclic) bond motifs is 2. The highest BCUT2D eigenvalue weighted by Gasteiger charge is 2.53. The normalized spacial score (nSPS) is 32.9. The molecule has 2 aliphatic heterocycles. The fraction of sp³-hybridized carbons (Fsp3) is 0.467. The first kappa shape index (κ1) is 12.3. The molecule has 1 aromatic carbocycles. The third kappa shape index (κ3) is 1.71. The quantitative estimate of drug-likeness (QED) is 0.838. The van der Waals surface area contributed by atoms with Gasteiger partial charge in [-0.25, -0.2) is 0 Å². The third-order valence-corrected chi connectivity index (χ3v) is 4.16. The Hall–Kier alpha value is -1.40. The Morgan fingerprint density at radius 2 is 2.10 bits per heavy atom. The highest BCUT2D eigenvalue weighted by Crippen LogP contribution is 2.44. The van der Waals surface area contributed by atoms with Crippen LogP contribution in [0.2, 0.25) is 0 Å². The first-order valence-electron chi connectivity index (χ1n) is 6.92. The first-order chi connectivity index (χ1) is 9.55. The van der Waals surface area contributed by atoms with Crippen molar-refractivity contribution >= 4 is 10.9 Å². The summed E-state index contributed by atoms with van der Waals surface area (Å²) in [6.45, 7) is 4.30. The second-order valence-corrected chi connectivity index (χ2v) is 6.00. The Morgan fingerprint density at radius 1 is 1.30 bits per heavy atom. The lowest BCUT2D eigenvalue weighted by molar-refractivity contribution is -0.198. The number of para-hydroxylation sites is 1. The fourth-order valence-electron chi connectivity index (χ4n) is 3.42. The summed E-state index contributed by atoms with van der Waals surface area (Å²) in [7, 11) is 0. The van der Waals surface area contributed by atoms with E-state index in [1.165, 1.54) is 5.06 Å². The smallest absolute Gasteiger partial charge is 0.163 e. The fourth-order valence-corrected chi connectivity index (χ4v) is 3.42. The van der Waals surface area contributed by atoms with Crippen LogP contribution >= 0.6 is 0 Å². The third-order valence-electron chi connectivity index (χ3n) is 4.16. The molecule has 3 heterocycles. The molecule has 0 radical (unpaired) electrons. The van der Waals surface area contributed by atoms with Crippen molar-refractivity contribution in [3.63, 3.8) is 0 Å². The van der Waals surface area contributed by atoms with Gasteiger partial charge in [0.05, 0.1) is 12.6 Å². The maximum absolute atomic E-state index is 10.3. The van der Waals surface area contributed by atoms with E-state index in [2.05, 4.69) is 11.1 Å². The van der Waals surface area contributed by atoms with Crippen molar-refractivity contribution < 1.29 is 14.7 Å². The number of rotatable bonds is 1. The number of aromatic nitrogens is 1. The van der Waals surface area contributed by atoms with E-state index in [4.69, 9.17) is 9.47 Å². The van der Waals surface area contributed by atoms with Crippen LogP contribution in [0, 0.1) is 0 Å². The molecule has 2 fully saturated rings. The first-order valence-corrected chi connectivity index (χ1v) is 6.92. The van der Waals surface area contributed by atoms with Crippen LogP contribution in [0.4, 0.5) is 0 Å². The summed E-state index contributed by atoms with van der Waals surface area (Å²) in [6.07, 6.45) is 1.72. The van der Waals surface area contributed by atoms with Crippen LogP contribution in [-0.2, 0) is 9.47 Å².